The van der Waals surface area contributed by atoms with Crippen LogP contribution < -0.4 is 0 Å². The lowest BCUT2D eigenvalue weighted by Crippen LogP contribution is -2.43. The van der Waals surface area contributed by atoms with Crippen LogP contribution in [0.3, 0.4) is 0 Å². The number of hydrogen-bond acceptors (Lipinski definition) is 5. The number of carbonyl (C=O) groups is 2. The first-order valence-corrected chi connectivity index (χ1v) is 8.91. The second-order valence-electron chi connectivity index (χ2n) is 7.76. The van der Waals surface area contributed by atoms with Gasteiger partial charge in [-0.25, -0.2) is 0 Å². The van der Waals surface area contributed by atoms with Gasteiger partial charge in [0.1, 0.15) is 11.2 Å². The number of aryl methyl sites for hydroxylation is 2. The van der Waals surface area contributed by atoms with E-state index in [1.807, 2.05) is 13.8 Å². The summed E-state index contributed by atoms with van der Waals surface area (Å²) in [6, 6.07) is 0.325. The molecular weight excluding hydrogens is 322 g/mol. The van der Waals surface area contributed by atoms with Gasteiger partial charge < -0.3 is 14.5 Å². The molecule has 0 aromatic carbocycles. The zero-order chi connectivity index (χ0) is 18.4. The average molecular weight is 349 g/mol. The van der Waals surface area contributed by atoms with Crippen molar-refractivity contribution in [1.82, 2.24) is 15.0 Å². The number of likely N-dealkylation sites (tertiary alicyclic amines) is 2. The minimum atomic E-state index is -0.817. The van der Waals surface area contributed by atoms with Crippen LogP contribution in [0.15, 0.2) is 4.52 Å². The first-order valence-electron chi connectivity index (χ1n) is 8.91. The summed E-state index contributed by atoms with van der Waals surface area (Å²) in [5, 5.41) is 13.8. The molecule has 2 aliphatic heterocycles. The number of amides is 1. The summed E-state index contributed by atoms with van der Waals surface area (Å²) in [5.41, 5.74) is 0.980. The zero-order valence-corrected chi connectivity index (χ0v) is 15.4. The lowest BCUT2D eigenvalue weighted by atomic mass is 9.81. The van der Waals surface area contributed by atoms with Crippen LogP contribution in [0.25, 0.3) is 0 Å². The summed E-state index contributed by atoms with van der Waals surface area (Å²) in [4.78, 5) is 28.6. The Balaban J connectivity index is 1.66. The normalized spacial score (nSPS) is 26.4. The Bertz CT molecular complexity index is 664. The monoisotopic (exact) mass is 349 g/mol. The Hall–Kier alpha value is -1.89. The molecule has 2 atom stereocenters. The van der Waals surface area contributed by atoms with Crippen molar-refractivity contribution < 1.29 is 19.2 Å². The molecule has 7 nitrogen and oxygen atoms in total. The molecule has 2 aliphatic rings. The number of aromatic nitrogens is 1. The highest BCUT2D eigenvalue weighted by atomic mass is 16.5. The van der Waals surface area contributed by atoms with Gasteiger partial charge in [0.05, 0.1) is 5.69 Å². The van der Waals surface area contributed by atoms with E-state index in [0.717, 1.165) is 23.6 Å². The molecule has 2 fully saturated rings. The van der Waals surface area contributed by atoms with Crippen LogP contribution in [0.4, 0.5) is 0 Å². The molecule has 3 heterocycles. The minimum absolute atomic E-state index is 0.00964. The molecule has 0 saturated carbocycles. The maximum atomic E-state index is 12.6. The number of nitrogens with zero attached hydrogens (tertiary/aromatic N) is 3. The molecule has 3 rings (SSSR count). The number of hydrogen-bond donors (Lipinski definition) is 1. The topological polar surface area (TPSA) is 86.9 Å². The van der Waals surface area contributed by atoms with Gasteiger partial charge in [-0.2, -0.15) is 0 Å². The fourth-order valence-corrected chi connectivity index (χ4v) is 4.24. The maximum absolute atomic E-state index is 12.6. The molecule has 1 aromatic heterocycles. The number of carboxylic acids is 1. The lowest BCUT2D eigenvalue weighted by Gasteiger charge is -2.27. The van der Waals surface area contributed by atoms with Crippen molar-refractivity contribution in [2.75, 3.05) is 26.2 Å². The van der Waals surface area contributed by atoms with Crippen molar-refractivity contribution in [3.05, 3.63) is 17.0 Å². The van der Waals surface area contributed by atoms with Crippen LogP contribution >= 0.6 is 0 Å². The number of rotatable bonds is 5. The number of aliphatic carboxylic acids is 1. The molecule has 7 heteroatoms. The first-order chi connectivity index (χ1) is 11.7. The van der Waals surface area contributed by atoms with Crippen molar-refractivity contribution in [3.8, 4) is 0 Å². The molecule has 2 saturated heterocycles. The van der Waals surface area contributed by atoms with E-state index in [-0.39, 0.29) is 11.8 Å². The van der Waals surface area contributed by atoms with Gasteiger partial charge in [-0.3, -0.25) is 14.5 Å². The number of fused-ring (bicyclic) bond motifs is 1. The van der Waals surface area contributed by atoms with E-state index >= 15 is 0 Å². The van der Waals surface area contributed by atoms with E-state index in [0.29, 0.717) is 38.5 Å². The van der Waals surface area contributed by atoms with Crippen LogP contribution in [0.1, 0.15) is 37.3 Å². The van der Waals surface area contributed by atoms with Crippen molar-refractivity contribution in [2.24, 2.45) is 11.3 Å². The Kier molecular flexibility index (Phi) is 4.62. The van der Waals surface area contributed by atoms with Gasteiger partial charge in [-0.05, 0) is 34.1 Å². The predicted molar refractivity (Wildman–Crippen MR) is 91.1 cm³/mol. The van der Waals surface area contributed by atoms with Gasteiger partial charge in [0, 0.05) is 50.1 Å². The summed E-state index contributed by atoms with van der Waals surface area (Å²) < 4.78 is 5.14. The van der Waals surface area contributed by atoms with Crippen molar-refractivity contribution in [2.45, 2.75) is 46.6 Å². The van der Waals surface area contributed by atoms with E-state index in [2.05, 4.69) is 23.9 Å². The van der Waals surface area contributed by atoms with E-state index in [1.54, 1.807) is 4.90 Å². The van der Waals surface area contributed by atoms with Gasteiger partial charge in [0.15, 0.2) is 0 Å². The molecule has 1 aromatic rings. The SMILES string of the molecule is Cc1noc(C)c1CCC(=O)N1C[C@H]2CN(C(C)C)C[C@@]2(C(=O)O)C1. The summed E-state index contributed by atoms with van der Waals surface area (Å²) in [7, 11) is 0. The largest absolute Gasteiger partial charge is 0.481 e. The highest BCUT2D eigenvalue weighted by Crippen LogP contribution is 2.43. The molecular formula is C18H27N3O4. The molecule has 0 unspecified atom stereocenters. The smallest absolute Gasteiger partial charge is 0.313 e. The summed E-state index contributed by atoms with van der Waals surface area (Å²) in [6.45, 7) is 10.0. The van der Waals surface area contributed by atoms with Gasteiger partial charge in [-0.15, -0.1) is 0 Å². The summed E-state index contributed by atoms with van der Waals surface area (Å²) >= 11 is 0. The van der Waals surface area contributed by atoms with Crippen LogP contribution in [0.2, 0.25) is 0 Å². The quantitative estimate of drug-likeness (QED) is 0.866. The van der Waals surface area contributed by atoms with Crippen LogP contribution in [-0.2, 0) is 16.0 Å². The summed E-state index contributed by atoms with van der Waals surface area (Å²) in [6.07, 6.45) is 0.943. The third-order valence-corrected chi connectivity index (χ3v) is 5.91. The average Bonchev–Trinajstić information content (AvgIpc) is 3.16. The van der Waals surface area contributed by atoms with E-state index in [1.165, 1.54) is 0 Å². The van der Waals surface area contributed by atoms with Crippen LogP contribution in [0, 0.1) is 25.2 Å². The Morgan fingerprint density at radius 2 is 2.04 bits per heavy atom. The Morgan fingerprint density at radius 1 is 1.32 bits per heavy atom. The van der Waals surface area contributed by atoms with Gasteiger partial charge >= 0.3 is 5.97 Å². The van der Waals surface area contributed by atoms with Gasteiger partial charge in [0.25, 0.3) is 0 Å². The Morgan fingerprint density at radius 3 is 2.56 bits per heavy atom. The third-order valence-electron chi connectivity index (χ3n) is 5.91. The molecule has 25 heavy (non-hydrogen) atoms. The molecule has 138 valence electrons. The minimum Gasteiger partial charge on any atom is -0.481 e. The fraction of sp³-hybridized carbons (Fsp3) is 0.722. The van der Waals surface area contributed by atoms with E-state index < -0.39 is 11.4 Å². The van der Waals surface area contributed by atoms with Crippen LogP contribution in [0.5, 0.6) is 0 Å². The van der Waals surface area contributed by atoms with Gasteiger partial charge in [-0.1, -0.05) is 5.16 Å². The van der Waals surface area contributed by atoms with E-state index in [4.69, 9.17) is 4.52 Å². The maximum Gasteiger partial charge on any atom is 0.313 e. The molecule has 0 aliphatic carbocycles. The van der Waals surface area contributed by atoms with Crippen molar-refractivity contribution in [3.63, 3.8) is 0 Å². The highest BCUT2D eigenvalue weighted by molar-refractivity contribution is 5.82. The molecule has 0 bridgehead atoms. The van der Waals surface area contributed by atoms with E-state index in [9.17, 15) is 14.7 Å². The molecule has 0 spiro atoms. The van der Waals surface area contributed by atoms with Crippen molar-refractivity contribution >= 4 is 11.9 Å². The summed E-state index contributed by atoms with van der Waals surface area (Å²) in [5.74, 6) is 0.00128. The standard InChI is InChI=1S/C18H27N3O4/c1-11(2)20-7-14-8-21(10-18(14,9-20)17(23)24)16(22)6-5-15-12(3)19-25-13(15)4/h11,14H,5-10H2,1-4H3,(H,23,24)/t14-,18-/m1/s1. The van der Waals surface area contributed by atoms with Crippen LogP contribution in [-0.4, -0.2) is 64.2 Å². The molecule has 1 N–H and O–H groups in total. The highest BCUT2D eigenvalue weighted by Gasteiger charge is 2.58. The lowest BCUT2D eigenvalue weighted by molar-refractivity contribution is -0.149. The Labute approximate surface area is 147 Å². The number of carboxylic acid groups (broad SMARTS) is 1. The fourth-order valence-electron chi connectivity index (χ4n) is 4.24. The molecule has 0 radical (unpaired) electrons. The second-order valence-corrected chi connectivity index (χ2v) is 7.76. The van der Waals surface area contributed by atoms with Crippen molar-refractivity contribution in [1.29, 1.82) is 0 Å². The zero-order valence-electron chi connectivity index (χ0n) is 15.4. The third kappa shape index (κ3) is 3.05. The van der Waals surface area contributed by atoms with Gasteiger partial charge in [0.2, 0.25) is 5.91 Å². The predicted octanol–water partition coefficient (Wildman–Crippen LogP) is 1.48. The second kappa shape index (κ2) is 6.44. The molecule has 1 amide bonds. The number of carbonyl (C=O) groups excluding carboxylic acids is 1. The first kappa shape index (κ1) is 17.9.